The lowest BCUT2D eigenvalue weighted by atomic mass is 10.2. The Hall–Kier alpha value is -1.20. The molecule has 2 aromatic rings. The minimum Gasteiger partial charge on any atom is -0.390 e. The molecule has 0 saturated heterocycles. The van der Waals surface area contributed by atoms with E-state index in [1.165, 1.54) is 5.56 Å². The highest BCUT2D eigenvalue weighted by atomic mass is 79.9. The van der Waals surface area contributed by atoms with Gasteiger partial charge in [0.05, 0.1) is 18.5 Å². The monoisotopic (exact) mass is 267 g/mol. The fourth-order valence-corrected chi connectivity index (χ4v) is 1.96. The van der Waals surface area contributed by atoms with Gasteiger partial charge < -0.3 is 5.11 Å². The molecular weight excluding hydrogens is 258 g/mol. The number of hydrogen-bond acceptors (Lipinski definition) is 3. The third-order valence-electron chi connectivity index (χ3n) is 2.05. The smallest absolute Gasteiger partial charge is 0.109 e. The Kier molecular flexibility index (Phi) is 2.83. The highest BCUT2D eigenvalue weighted by Crippen LogP contribution is 2.21. The van der Waals surface area contributed by atoms with Crippen LogP contribution in [0.3, 0.4) is 0 Å². The average Bonchev–Trinajstić information content (AvgIpc) is 2.66. The number of hydrogen-bond donors (Lipinski definition) is 1. The van der Waals surface area contributed by atoms with Gasteiger partial charge in [-0.15, -0.1) is 5.10 Å². The molecule has 1 aromatic carbocycles. The van der Waals surface area contributed by atoms with Gasteiger partial charge in [0.2, 0.25) is 0 Å². The van der Waals surface area contributed by atoms with Crippen molar-refractivity contribution >= 4 is 15.9 Å². The van der Waals surface area contributed by atoms with Gasteiger partial charge in [-0.3, -0.25) is 0 Å². The SMILES string of the molecule is Cc1ccc(-n2cc(CO)nn2)c(Br)c1. The molecule has 78 valence electrons. The fourth-order valence-electron chi connectivity index (χ4n) is 1.29. The number of halogens is 1. The largest absolute Gasteiger partial charge is 0.390 e. The molecule has 0 fully saturated rings. The van der Waals surface area contributed by atoms with Crippen LogP contribution in [-0.4, -0.2) is 20.1 Å². The van der Waals surface area contributed by atoms with Crippen LogP contribution in [0.1, 0.15) is 11.3 Å². The lowest BCUT2D eigenvalue weighted by Gasteiger charge is -2.03. The third-order valence-corrected chi connectivity index (χ3v) is 2.69. The maximum Gasteiger partial charge on any atom is 0.109 e. The molecule has 2 rings (SSSR count). The summed E-state index contributed by atoms with van der Waals surface area (Å²) in [5, 5.41) is 16.6. The molecule has 1 heterocycles. The van der Waals surface area contributed by atoms with Gasteiger partial charge in [-0.05, 0) is 40.5 Å². The molecular formula is C10H10BrN3O. The zero-order valence-electron chi connectivity index (χ0n) is 8.18. The molecule has 0 radical (unpaired) electrons. The van der Waals surface area contributed by atoms with Crippen molar-refractivity contribution in [3.63, 3.8) is 0 Å². The summed E-state index contributed by atoms with van der Waals surface area (Å²) in [6.45, 7) is 1.93. The van der Waals surface area contributed by atoms with E-state index in [0.717, 1.165) is 10.2 Å². The Morgan fingerprint density at radius 1 is 1.47 bits per heavy atom. The summed E-state index contributed by atoms with van der Waals surface area (Å²) >= 11 is 3.46. The molecule has 5 heteroatoms. The summed E-state index contributed by atoms with van der Waals surface area (Å²) in [7, 11) is 0. The minimum atomic E-state index is -0.0938. The van der Waals surface area contributed by atoms with Crippen molar-refractivity contribution in [1.29, 1.82) is 0 Å². The summed E-state index contributed by atoms with van der Waals surface area (Å²) in [5.41, 5.74) is 2.64. The molecule has 1 N–H and O–H groups in total. The number of aliphatic hydroxyl groups excluding tert-OH is 1. The number of rotatable bonds is 2. The number of aliphatic hydroxyl groups is 1. The Morgan fingerprint density at radius 2 is 2.27 bits per heavy atom. The van der Waals surface area contributed by atoms with Crippen molar-refractivity contribution in [3.8, 4) is 5.69 Å². The van der Waals surface area contributed by atoms with E-state index in [1.54, 1.807) is 10.9 Å². The molecule has 0 spiro atoms. The minimum absolute atomic E-state index is 0.0938. The number of aryl methyl sites for hydroxylation is 1. The van der Waals surface area contributed by atoms with Gasteiger partial charge in [0.1, 0.15) is 5.69 Å². The average molecular weight is 268 g/mol. The molecule has 0 aliphatic heterocycles. The van der Waals surface area contributed by atoms with Gasteiger partial charge in [0, 0.05) is 4.47 Å². The van der Waals surface area contributed by atoms with Crippen LogP contribution in [0.25, 0.3) is 5.69 Å². The molecule has 0 unspecified atom stereocenters. The Morgan fingerprint density at radius 3 is 2.87 bits per heavy atom. The van der Waals surface area contributed by atoms with Crippen molar-refractivity contribution < 1.29 is 5.11 Å². The molecule has 0 atom stereocenters. The van der Waals surface area contributed by atoms with E-state index in [0.29, 0.717) is 5.69 Å². The zero-order valence-corrected chi connectivity index (χ0v) is 9.77. The van der Waals surface area contributed by atoms with E-state index in [1.807, 2.05) is 25.1 Å². The summed E-state index contributed by atoms with van der Waals surface area (Å²) in [4.78, 5) is 0. The molecule has 0 amide bonds. The van der Waals surface area contributed by atoms with Crippen LogP contribution in [0, 0.1) is 6.92 Å². The Bertz CT molecular complexity index is 481. The van der Waals surface area contributed by atoms with E-state index >= 15 is 0 Å². The van der Waals surface area contributed by atoms with Crippen molar-refractivity contribution in [3.05, 3.63) is 40.1 Å². The maximum absolute atomic E-state index is 8.88. The topological polar surface area (TPSA) is 50.9 Å². The van der Waals surface area contributed by atoms with Crippen molar-refractivity contribution in [1.82, 2.24) is 15.0 Å². The fraction of sp³-hybridized carbons (Fsp3) is 0.200. The second-order valence-corrected chi connectivity index (χ2v) is 4.12. The normalized spacial score (nSPS) is 10.6. The van der Waals surface area contributed by atoms with Gasteiger partial charge in [-0.2, -0.15) is 0 Å². The molecule has 4 nitrogen and oxygen atoms in total. The lowest BCUT2D eigenvalue weighted by Crippen LogP contribution is -1.96. The van der Waals surface area contributed by atoms with E-state index in [2.05, 4.69) is 26.2 Å². The second kappa shape index (κ2) is 4.12. The number of aromatic nitrogens is 3. The molecule has 1 aromatic heterocycles. The van der Waals surface area contributed by atoms with Crippen LogP contribution in [0.4, 0.5) is 0 Å². The van der Waals surface area contributed by atoms with Crippen LogP contribution in [0.15, 0.2) is 28.9 Å². The molecule has 0 bridgehead atoms. The van der Waals surface area contributed by atoms with Gasteiger partial charge in [-0.25, -0.2) is 4.68 Å². The van der Waals surface area contributed by atoms with E-state index in [-0.39, 0.29) is 6.61 Å². The summed E-state index contributed by atoms with van der Waals surface area (Å²) in [5.74, 6) is 0. The Balaban J connectivity index is 2.44. The van der Waals surface area contributed by atoms with E-state index in [9.17, 15) is 0 Å². The standard InChI is InChI=1S/C10H10BrN3O/c1-7-2-3-10(9(11)4-7)14-5-8(6-15)12-13-14/h2-5,15H,6H2,1H3. The molecule has 0 aliphatic carbocycles. The summed E-state index contributed by atoms with van der Waals surface area (Å²) in [6.07, 6.45) is 1.70. The first-order valence-corrected chi connectivity index (χ1v) is 5.28. The van der Waals surface area contributed by atoms with E-state index in [4.69, 9.17) is 5.11 Å². The predicted octanol–water partition coefficient (Wildman–Crippen LogP) is 1.83. The van der Waals surface area contributed by atoms with Crippen LogP contribution in [0.5, 0.6) is 0 Å². The first-order chi connectivity index (χ1) is 7.20. The number of benzene rings is 1. The van der Waals surface area contributed by atoms with Gasteiger partial charge in [-0.1, -0.05) is 11.3 Å². The number of nitrogens with zero attached hydrogens (tertiary/aromatic N) is 3. The molecule has 15 heavy (non-hydrogen) atoms. The van der Waals surface area contributed by atoms with E-state index < -0.39 is 0 Å². The maximum atomic E-state index is 8.88. The van der Waals surface area contributed by atoms with Crippen LogP contribution in [0.2, 0.25) is 0 Å². The second-order valence-electron chi connectivity index (χ2n) is 3.27. The van der Waals surface area contributed by atoms with Crippen LogP contribution < -0.4 is 0 Å². The summed E-state index contributed by atoms with van der Waals surface area (Å²) < 4.78 is 2.59. The zero-order chi connectivity index (χ0) is 10.8. The van der Waals surface area contributed by atoms with Gasteiger partial charge in [0.15, 0.2) is 0 Å². The lowest BCUT2D eigenvalue weighted by molar-refractivity contribution is 0.276. The third kappa shape index (κ3) is 2.08. The molecule has 0 aliphatic rings. The van der Waals surface area contributed by atoms with Crippen LogP contribution >= 0.6 is 15.9 Å². The first-order valence-electron chi connectivity index (χ1n) is 4.49. The summed E-state index contributed by atoms with van der Waals surface area (Å²) in [6, 6.07) is 5.96. The van der Waals surface area contributed by atoms with Gasteiger partial charge in [0.25, 0.3) is 0 Å². The first kappa shape index (κ1) is 10.3. The highest BCUT2D eigenvalue weighted by molar-refractivity contribution is 9.10. The van der Waals surface area contributed by atoms with Crippen LogP contribution in [-0.2, 0) is 6.61 Å². The molecule has 0 saturated carbocycles. The van der Waals surface area contributed by atoms with Crippen molar-refractivity contribution in [2.45, 2.75) is 13.5 Å². The predicted molar refractivity (Wildman–Crippen MR) is 59.7 cm³/mol. The van der Waals surface area contributed by atoms with Crippen molar-refractivity contribution in [2.24, 2.45) is 0 Å². The van der Waals surface area contributed by atoms with Crippen molar-refractivity contribution in [2.75, 3.05) is 0 Å². The van der Waals surface area contributed by atoms with Gasteiger partial charge >= 0.3 is 0 Å². The highest BCUT2D eigenvalue weighted by Gasteiger charge is 2.05. The Labute approximate surface area is 95.7 Å². The quantitative estimate of drug-likeness (QED) is 0.904.